The summed E-state index contributed by atoms with van der Waals surface area (Å²) in [5.74, 6) is 0.992. The number of phenols is 1. The fourth-order valence-electron chi connectivity index (χ4n) is 2.00. The maximum absolute atomic E-state index is 9.47. The minimum absolute atomic E-state index is 0. The second kappa shape index (κ2) is 10.3. The van der Waals surface area contributed by atoms with Crippen LogP contribution in [0, 0.1) is 0 Å². The number of aliphatic imine (C=N–C) groups is 1. The maximum atomic E-state index is 9.47. The third-order valence-electron chi connectivity index (χ3n) is 3.02. The molecule has 2 rings (SSSR count). The van der Waals surface area contributed by atoms with Gasteiger partial charge in [-0.15, -0.1) is 24.0 Å². The molecule has 0 bridgehead atoms. The molecule has 0 saturated heterocycles. The molecular formula is C17H21ClIN3O. The van der Waals surface area contributed by atoms with E-state index < -0.39 is 0 Å². The number of rotatable bonds is 5. The molecule has 0 saturated carbocycles. The van der Waals surface area contributed by atoms with Crippen molar-refractivity contribution in [3.8, 4) is 5.75 Å². The SMILES string of the molecule is CCNC(=NCc1cccc(Cl)c1)NCc1cccc(O)c1.I. The van der Waals surface area contributed by atoms with E-state index in [-0.39, 0.29) is 29.7 Å². The Morgan fingerprint density at radius 3 is 2.52 bits per heavy atom. The Hall–Kier alpha value is -1.47. The topological polar surface area (TPSA) is 56.7 Å². The molecule has 0 spiro atoms. The van der Waals surface area contributed by atoms with Gasteiger partial charge in [0, 0.05) is 18.1 Å². The first-order valence-electron chi connectivity index (χ1n) is 7.22. The quantitative estimate of drug-likeness (QED) is 0.371. The lowest BCUT2D eigenvalue weighted by Gasteiger charge is -2.11. The van der Waals surface area contributed by atoms with Crippen molar-refractivity contribution in [3.63, 3.8) is 0 Å². The number of nitrogens with one attached hydrogen (secondary N) is 2. The standard InChI is InChI=1S/C17H20ClN3O.HI/c1-2-19-17(20-11-13-5-3-7-15(18)9-13)21-12-14-6-4-8-16(22)10-14;/h3-10,22H,2,11-12H2,1H3,(H2,19,20,21);1H. The highest BCUT2D eigenvalue weighted by Gasteiger charge is 2.00. The largest absolute Gasteiger partial charge is 0.508 e. The molecule has 0 radical (unpaired) electrons. The van der Waals surface area contributed by atoms with E-state index in [2.05, 4.69) is 15.6 Å². The number of halogens is 2. The Kier molecular flexibility index (Phi) is 8.79. The van der Waals surface area contributed by atoms with Crippen molar-refractivity contribution >= 4 is 41.5 Å². The summed E-state index contributed by atoms with van der Waals surface area (Å²) in [5, 5.41) is 16.6. The first kappa shape index (κ1) is 19.6. The summed E-state index contributed by atoms with van der Waals surface area (Å²) in [4.78, 5) is 4.54. The van der Waals surface area contributed by atoms with E-state index in [0.29, 0.717) is 18.1 Å². The number of hydrogen-bond acceptors (Lipinski definition) is 2. The molecule has 23 heavy (non-hydrogen) atoms. The van der Waals surface area contributed by atoms with Gasteiger partial charge in [-0.25, -0.2) is 4.99 Å². The van der Waals surface area contributed by atoms with E-state index in [1.54, 1.807) is 12.1 Å². The van der Waals surface area contributed by atoms with Gasteiger partial charge in [-0.3, -0.25) is 0 Å². The van der Waals surface area contributed by atoms with Crippen LogP contribution in [0.15, 0.2) is 53.5 Å². The lowest BCUT2D eigenvalue weighted by Crippen LogP contribution is -2.36. The third kappa shape index (κ3) is 7.09. The number of aromatic hydroxyl groups is 1. The van der Waals surface area contributed by atoms with Gasteiger partial charge in [0.25, 0.3) is 0 Å². The van der Waals surface area contributed by atoms with E-state index in [0.717, 1.165) is 23.6 Å². The van der Waals surface area contributed by atoms with Crippen molar-refractivity contribution in [2.75, 3.05) is 6.54 Å². The van der Waals surface area contributed by atoms with Gasteiger partial charge in [0.05, 0.1) is 6.54 Å². The normalized spacial score (nSPS) is 10.8. The molecule has 0 aliphatic rings. The second-order valence-corrected chi connectivity index (χ2v) is 5.28. The van der Waals surface area contributed by atoms with Crippen LogP contribution in [0.5, 0.6) is 5.75 Å². The van der Waals surface area contributed by atoms with E-state index in [1.165, 1.54) is 0 Å². The zero-order valence-electron chi connectivity index (χ0n) is 12.9. The molecule has 3 N–H and O–H groups in total. The van der Waals surface area contributed by atoms with Gasteiger partial charge >= 0.3 is 0 Å². The number of benzene rings is 2. The molecule has 0 fully saturated rings. The molecule has 0 aliphatic heterocycles. The summed E-state index contributed by atoms with van der Waals surface area (Å²) >= 11 is 5.97. The summed E-state index contributed by atoms with van der Waals surface area (Å²) in [6, 6.07) is 14.8. The molecule has 4 nitrogen and oxygen atoms in total. The van der Waals surface area contributed by atoms with Gasteiger partial charge in [0.1, 0.15) is 5.75 Å². The number of hydrogen-bond donors (Lipinski definition) is 3. The summed E-state index contributed by atoms with van der Waals surface area (Å²) < 4.78 is 0. The van der Waals surface area contributed by atoms with E-state index >= 15 is 0 Å². The van der Waals surface area contributed by atoms with Crippen LogP contribution < -0.4 is 10.6 Å². The molecule has 0 atom stereocenters. The van der Waals surface area contributed by atoms with E-state index in [1.807, 2.05) is 43.3 Å². The summed E-state index contributed by atoms with van der Waals surface area (Å²) in [6.45, 7) is 3.94. The molecular weight excluding hydrogens is 425 g/mol. The minimum atomic E-state index is 0. The fourth-order valence-corrected chi connectivity index (χ4v) is 2.21. The summed E-state index contributed by atoms with van der Waals surface area (Å²) in [7, 11) is 0. The van der Waals surface area contributed by atoms with Gasteiger partial charge in [0.15, 0.2) is 5.96 Å². The van der Waals surface area contributed by atoms with Crippen LogP contribution in [-0.4, -0.2) is 17.6 Å². The summed E-state index contributed by atoms with van der Waals surface area (Å²) in [5.41, 5.74) is 2.05. The molecule has 2 aromatic rings. The fraction of sp³-hybridized carbons (Fsp3) is 0.235. The van der Waals surface area contributed by atoms with Crippen LogP contribution in [0.1, 0.15) is 18.1 Å². The Balaban J connectivity index is 0.00000264. The van der Waals surface area contributed by atoms with Crippen molar-refractivity contribution in [1.82, 2.24) is 10.6 Å². The van der Waals surface area contributed by atoms with Crippen molar-refractivity contribution in [1.29, 1.82) is 0 Å². The molecule has 0 unspecified atom stereocenters. The van der Waals surface area contributed by atoms with Crippen LogP contribution in [-0.2, 0) is 13.1 Å². The van der Waals surface area contributed by atoms with Crippen LogP contribution in [0.2, 0.25) is 5.02 Å². The molecule has 0 heterocycles. The zero-order valence-corrected chi connectivity index (χ0v) is 16.0. The minimum Gasteiger partial charge on any atom is -0.508 e. The van der Waals surface area contributed by atoms with Gasteiger partial charge < -0.3 is 15.7 Å². The highest BCUT2D eigenvalue weighted by molar-refractivity contribution is 14.0. The first-order valence-corrected chi connectivity index (χ1v) is 7.59. The lowest BCUT2D eigenvalue weighted by atomic mass is 10.2. The maximum Gasteiger partial charge on any atom is 0.191 e. The third-order valence-corrected chi connectivity index (χ3v) is 3.26. The Morgan fingerprint density at radius 1 is 1.09 bits per heavy atom. The Bertz CT molecular complexity index is 649. The molecule has 0 aromatic heterocycles. The second-order valence-electron chi connectivity index (χ2n) is 4.85. The highest BCUT2D eigenvalue weighted by Crippen LogP contribution is 2.12. The average molecular weight is 446 g/mol. The van der Waals surface area contributed by atoms with E-state index in [4.69, 9.17) is 11.6 Å². The molecule has 0 aliphatic carbocycles. The monoisotopic (exact) mass is 445 g/mol. The van der Waals surface area contributed by atoms with Crippen molar-refractivity contribution in [2.24, 2.45) is 4.99 Å². The van der Waals surface area contributed by atoms with Crippen LogP contribution in [0.4, 0.5) is 0 Å². The first-order chi connectivity index (χ1) is 10.7. The molecule has 124 valence electrons. The average Bonchev–Trinajstić information content (AvgIpc) is 2.50. The van der Waals surface area contributed by atoms with Gasteiger partial charge in [-0.05, 0) is 42.3 Å². The number of guanidine groups is 1. The lowest BCUT2D eigenvalue weighted by molar-refractivity contribution is 0.474. The van der Waals surface area contributed by atoms with Crippen molar-refractivity contribution in [2.45, 2.75) is 20.0 Å². The number of nitrogens with zero attached hydrogens (tertiary/aromatic N) is 1. The van der Waals surface area contributed by atoms with Crippen LogP contribution >= 0.6 is 35.6 Å². The predicted octanol–water partition coefficient (Wildman–Crippen LogP) is 3.92. The van der Waals surface area contributed by atoms with Gasteiger partial charge in [-0.1, -0.05) is 35.9 Å². The molecule has 6 heteroatoms. The van der Waals surface area contributed by atoms with E-state index in [9.17, 15) is 5.11 Å². The smallest absolute Gasteiger partial charge is 0.191 e. The molecule has 0 amide bonds. The Labute approximate surface area is 159 Å². The zero-order chi connectivity index (χ0) is 15.8. The highest BCUT2D eigenvalue weighted by atomic mass is 127. The van der Waals surface area contributed by atoms with Crippen molar-refractivity contribution < 1.29 is 5.11 Å². The summed E-state index contributed by atoms with van der Waals surface area (Å²) in [6.07, 6.45) is 0. The van der Waals surface area contributed by atoms with Crippen LogP contribution in [0.25, 0.3) is 0 Å². The van der Waals surface area contributed by atoms with Crippen LogP contribution in [0.3, 0.4) is 0 Å². The van der Waals surface area contributed by atoms with Gasteiger partial charge in [-0.2, -0.15) is 0 Å². The van der Waals surface area contributed by atoms with Crippen molar-refractivity contribution in [3.05, 3.63) is 64.7 Å². The predicted molar refractivity (Wildman–Crippen MR) is 107 cm³/mol. The Morgan fingerprint density at radius 2 is 1.83 bits per heavy atom. The van der Waals surface area contributed by atoms with Gasteiger partial charge in [0.2, 0.25) is 0 Å². The molecule has 2 aromatic carbocycles. The number of phenolic OH excluding ortho intramolecular Hbond substituents is 1.